The standard InChI is InChI=1S/C13H19FN2O2S.ClH/c1-9-5-6-11(14)13(8-9)19(17,18)16-12-4-3-7-15-10(12)2;/h5-6,8,10,12,15-16H,3-4,7H2,1-2H3;1H. The summed E-state index contributed by atoms with van der Waals surface area (Å²) in [5.74, 6) is -0.713. The quantitative estimate of drug-likeness (QED) is 0.894. The molecule has 0 amide bonds. The van der Waals surface area contributed by atoms with Gasteiger partial charge in [0.05, 0.1) is 0 Å². The molecule has 1 fully saturated rings. The van der Waals surface area contributed by atoms with Crippen LogP contribution in [0.2, 0.25) is 0 Å². The normalized spacial score (nSPS) is 23.1. The summed E-state index contributed by atoms with van der Waals surface area (Å²) in [6.45, 7) is 4.56. The van der Waals surface area contributed by atoms with E-state index in [0.29, 0.717) is 0 Å². The minimum absolute atomic E-state index is 0. The van der Waals surface area contributed by atoms with Gasteiger partial charge in [0, 0.05) is 12.1 Å². The molecule has 4 nitrogen and oxygen atoms in total. The maximum Gasteiger partial charge on any atom is 0.243 e. The van der Waals surface area contributed by atoms with Gasteiger partial charge in [0.1, 0.15) is 10.7 Å². The van der Waals surface area contributed by atoms with Gasteiger partial charge in [-0.05, 0) is 50.9 Å². The van der Waals surface area contributed by atoms with Gasteiger partial charge >= 0.3 is 0 Å². The lowest BCUT2D eigenvalue weighted by atomic mass is 10.0. The van der Waals surface area contributed by atoms with E-state index in [1.807, 2.05) is 6.92 Å². The Balaban J connectivity index is 0.00000200. The summed E-state index contributed by atoms with van der Waals surface area (Å²) < 4.78 is 40.8. The van der Waals surface area contributed by atoms with Crippen LogP contribution in [-0.4, -0.2) is 27.0 Å². The number of nitrogens with one attached hydrogen (secondary N) is 2. The van der Waals surface area contributed by atoms with Gasteiger partial charge in [-0.15, -0.1) is 12.4 Å². The molecule has 7 heteroatoms. The molecule has 114 valence electrons. The first kappa shape index (κ1) is 17.4. The van der Waals surface area contributed by atoms with E-state index in [-0.39, 0.29) is 29.4 Å². The Hall–Kier alpha value is -0.690. The van der Waals surface area contributed by atoms with E-state index in [1.54, 1.807) is 13.0 Å². The van der Waals surface area contributed by atoms with E-state index in [4.69, 9.17) is 0 Å². The molecular weight excluding hydrogens is 303 g/mol. The molecule has 0 saturated carbocycles. The maximum absolute atomic E-state index is 13.7. The van der Waals surface area contributed by atoms with Crippen LogP contribution < -0.4 is 10.0 Å². The van der Waals surface area contributed by atoms with Crippen LogP contribution in [0.1, 0.15) is 25.3 Å². The van der Waals surface area contributed by atoms with Gasteiger partial charge in [-0.1, -0.05) is 6.07 Å². The first-order chi connectivity index (χ1) is 8.90. The largest absolute Gasteiger partial charge is 0.313 e. The van der Waals surface area contributed by atoms with Crippen molar-refractivity contribution in [3.63, 3.8) is 0 Å². The molecule has 20 heavy (non-hydrogen) atoms. The van der Waals surface area contributed by atoms with Crippen molar-refractivity contribution in [3.05, 3.63) is 29.6 Å². The molecule has 0 aliphatic carbocycles. The summed E-state index contributed by atoms with van der Waals surface area (Å²) in [5, 5.41) is 3.21. The van der Waals surface area contributed by atoms with E-state index in [2.05, 4.69) is 10.0 Å². The molecule has 2 rings (SSSR count). The van der Waals surface area contributed by atoms with E-state index in [9.17, 15) is 12.8 Å². The molecule has 0 aromatic heterocycles. The predicted molar refractivity (Wildman–Crippen MR) is 79.2 cm³/mol. The van der Waals surface area contributed by atoms with Crippen LogP contribution in [0.3, 0.4) is 0 Å². The number of hydrogen-bond acceptors (Lipinski definition) is 3. The lowest BCUT2D eigenvalue weighted by molar-refractivity contribution is 0.348. The van der Waals surface area contributed by atoms with Crippen LogP contribution in [0.15, 0.2) is 23.1 Å². The smallest absolute Gasteiger partial charge is 0.243 e. The molecule has 0 radical (unpaired) electrons. The van der Waals surface area contributed by atoms with Crippen LogP contribution in [0.25, 0.3) is 0 Å². The topological polar surface area (TPSA) is 58.2 Å². The number of aryl methyl sites for hydroxylation is 1. The van der Waals surface area contributed by atoms with Gasteiger partial charge in [0.25, 0.3) is 0 Å². The minimum Gasteiger partial charge on any atom is -0.313 e. The second-order valence-corrected chi connectivity index (χ2v) is 6.73. The van der Waals surface area contributed by atoms with Crippen LogP contribution in [0.5, 0.6) is 0 Å². The average Bonchev–Trinajstić information content (AvgIpc) is 2.35. The first-order valence-electron chi connectivity index (χ1n) is 6.42. The number of piperidine rings is 1. The third-order valence-electron chi connectivity index (χ3n) is 3.44. The Morgan fingerprint density at radius 3 is 2.75 bits per heavy atom. The third-order valence-corrected chi connectivity index (χ3v) is 4.95. The van der Waals surface area contributed by atoms with E-state index in [1.165, 1.54) is 12.1 Å². The first-order valence-corrected chi connectivity index (χ1v) is 7.90. The monoisotopic (exact) mass is 322 g/mol. The highest BCUT2D eigenvalue weighted by atomic mass is 35.5. The average molecular weight is 323 g/mol. The SMILES string of the molecule is Cc1ccc(F)c(S(=O)(=O)NC2CCCNC2C)c1.Cl. The van der Waals surface area contributed by atoms with Crippen LogP contribution >= 0.6 is 12.4 Å². The Kier molecular flexibility index (Phi) is 5.94. The maximum atomic E-state index is 13.7. The predicted octanol–water partition coefficient (Wildman–Crippen LogP) is 1.97. The third kappa shape index (κ3) is 3.91. The van der Waals surface area contributed by atoms with Crippen molar-refractivity contribution in [3.8, 4) is 0 Å². The second kappa shape index (κ2) is 6.85. The zero-order valence-electron chi connectivity index (χ0n) is 11.5. The second-order valence-electron chi connectivity index (χ2n) is 5.05. The van der Waals surface area contributed by atoms with Gasteiger partial charge < -0.3 is 5.32 Å². The fourth-order valence-corrected chi connectivity index (χ4v) is 3.80. The van der Waals surface area contributed by atoms with Crippen molar-refractivity contribution in [2.24, 2.45) is 0 Å². The van der Waals surface area contributed by atoms with Crippen molar-refractivity contribution in [2.75, 3.05) is 6.54 Å². The van der Waals surface area contributed by atoms with Gasteiger partial charge in [0.2, 0.25) is 10.0 Å². The zero-order chi connectivity index (χ0) is 14.0. The van der Waals surface area contributed by atoms with Gasteiger partial charge in [-0.2, -0.15) is 0 Å². The molecule has 1 heterocycles. The molecule has 0 bridgehead atoms. The highest BCUT2D eigenvalue weighted by Gasteiger charge is 2.28. The Labute approximate surface area is 125 Å². The number of halogens is 2. The van der Waals surface area contributed by atoms with Crippen molar-refractivity contribution in [2.45, 2.75) is 43.7 Å². The summed E-state index contributed by atoms with van der Waals surface area (Å²) in [6, 6.07) is 3.96. The molecule has 1 aliphatic rings. The van der Waals surface area contributed by atoms with Crippen molar-refractivity contribution < 1.29 is 12.8 Å². The zero-order valence-corrected chi connectivity index (χ0v) is 13.2. The summed E-state index contributed by atoms with van der Waals surface area (Å²) in [7, 11) is -3.81. The fraction of sp³-hybridized carbons (Fsp3) is 0.538. The van der Waals surface area contributed by atoms with Crippen molar-refractivity contribution in [1.29, 1.82) is 0 Å². The van der Waals surface area contributed by atoms with Crippen LogP contribution in [0.4, 0.5) is 4.39 Å². The summed E-state index contributed by atoms with van der Waals surface area (Å²) in [5.41, 5.74) is 0.719. The summed E-state index contributed by atoms with van der Waals surface area (Å²) in [6.07, 6.45) is 1.68. The number of hydrogen-bond donors (Lipinski definition) is 2. The molecule has 1 aliphatic heterocycles. The van der Waals surface area contributed by atoms with Gasteiger partial charge in [-0.25, -0.2) is 17.5 Å². The Bertz CT molecular complexity index is 565. The number of rotatable bonds is 3. The molecule has 2 atom stereocenters. The Morgan fingerprint density at radius 2 is 2.10 bits per heavy atom. The molecule has 1 aromatic rings. The van der Waals surface area contributed by atoms with E-state index < -0.39 is 15.8 Å². The number of sulfonamides is 1. The number of benzene rings is 1. The molecular formula is C13H20ClFN2O2S. The van der Waals surface area contributed by atoms with E-state index >= 15 is 0 Å². The highest BCUT2D eigenvalue weighted by Crippen LogP contribution is 2.18. The molecule has 1 aromatic carbocycles. The molecule has 0 spiro atoms. The van der Waals surface area contributed by atoms with Crippen LogP contribution in [0, 0.1) is 12.7 Å². The fourth-order valence-electron chi connectivity index (χ4n) is 2.28. The lowest BCUT2D eigenvalue weighted by Gasteiger charge is -2.30. The summed E-state index contributed by atoms with van der Waals surface area (Å²) >= 11 is 0. The lowest BCUT2D eigenvalue weighted by Crippen LogP contribution is -2.51. The summed E-state index contributed by atoms with van der Waals surface area (Å²) in [4.78, 5) is -0.273. The van der Waals surface area contributed by atoms with Crippen LogP contribution in [-0.2, 0) is 10.0 Å². The Morgan fingerprint density at radius 1 is 1.40 bits per heavy atom. The van der Waals surface area contributed by atoms with Gasteiger partial charge in [-0.3, -0.25) is 0 Å². The highest BCUT2D eigenvalue weighted by molar-refractivity contribution is 7.89. The van der Waals surface area contributed by atoms with Gasteiger partial charge in [0.15, 0.2) is 0 Å². The van der Waals surface area contributed by atoms with Crippen molar-refractivity contribution in [1.82, 2.24) is 10.0 Å². The van der Waals surface area contributed by atoms with Crippen molar-refractivity contribution >= 4 is 22.4 Å². The van der Waals surface area contributed by atoms with E-state index in [0.717, 1.165) is 24.9 Å². The molecule has 2 unspecified atom stereocenters. The molecule has 1 saturated heterocycles. The molecule has 2 N–H and O–H groups in total. The minimum atomic E-state index is -3.81.